The van der Waals surface area contributed by atoms with Gasteiger partial charge in [-0.15, -0.1) is 11.3 Å². The van der Waals surface area contributed by atoms with Crippen molar-refractivity contribution in [3.8, 4) is 27.6 Å². The van der Waals surface area contributed by atoms with Crippen molar-refractivity contribution in [2.45, 2.75) is 0 Å². The first-order valence-corrected chi connectivity index (χ1v) is 6.76. The van der Waals surface area contributed by atoms with Crippen LogP contribution in [0.2, 0.25) is 0 Å². The Labute approximate surface area is 120 Å². The highest BCUT2D eigenvalue weighted by Gasteiger charge is 2.18. The molecule has 2 N–H and O–H groups in total. The van der Waals surface area contributed by atoms with Gasteiger partial charge in [-0.25, -0.2) is 0 Å². The molecule has 0 aliphatic carbocycles. The molecule has 0 aliphatic rings. The molecule has 3 heterocycles. The summed E-state index contributed by atoms with van der Waals surface area (Å²) in [5, 5.41) is 9.20. The van der Waals surface area contributed by atoms with Crippen molar-refractivity contribution in [2.75, 3.05) is 5.73 Å². The number of thiophene rings is 1. The van der Waals surface area contributed by atoms with Gasteiger partial charge in [-0.1, -0.05) is 6.07 Å². The maximum absolute atomic E-state index is 9.20. The van der Waals surface area contributed by atoms with Crippen LogP contribution in [0.3, 0.4) is 0 Å². The number of hydrogen-bond acceptors (Lipinski definition) is 5. The molecular weight excluding hydrogens is 268 g/mol. The molecule has 0 saturated heterocycles. The van der Waals surface area contributed by atoms with E-state index in [0.29, 0.717) is 10.6 Å². The average molecular weight is 278 g/mol. The minimum Gasteiger partial charge on any atom is -0.396 e. The molecule has 0 radical (unpaired) electrons. The molecule has 20 heavy (non-hydrogen) atoms. The molecule has 0 saturated carbocycles. The molecule has 0 bridgehead atoms. The number of hydrogen-bond donors (Lipinski definition) is 1. The highest BCUT2D eigenvalue weighted by atomic mass is 32.1. The van der Waals surface area contributed by atoms with Crippen LogP contribution in [0.5, 0.6) is 0 Å². The summed E-state index contributed by atoms with van der Waals surface area (Å²) >= 11 is 1.39. The molecule has 0 atom stereocenters. The number of rotatable bonds is 2. The van der Waals surface area contributed by atoms with Gasteiger partial charge in [-0.3, -0.25) is 9.97 Å². The Kier molecular flexibility index (Phi) is 3.15. The van der Waals surface area contributed by atoms with Gasteiger partial charge in [-0.05, 0) is 23.8 Å². The normalized spacial score (nSPS) is 10.2. The van der Waals surface area contributed by atoms with Crippen LogP contribution in [0.1, 0.15) is 4.88 Å². The number of pyridine rings is 2. The minimum atomic E-state index is 0.511. The summed E-state index contributed by atoms with van der Waals surface area (Å²) in [6.07, 6.45) is 6.92. The van der Waals surface area contributed by atoms with Gasteiger partial charge in [0.2, 0.25) is 0 Å². The molecule has 3 aromatic rings. The zero-order valence-electron chi connectivity index (χ0n) is 10.4. The van der Waals surface area contributed by atoms with Crippen molar-refractivity contribution in [1.82, 2.24) is 9.97 Å². The Morgan fingerprint density at radius 2 is 1.85 bits per heavy atom. The summed E-state index contributed by atoms with van der Waals surface area (Å²) in [6.45, 7) is 0. The third-order valence-corrected chi connectivity index (χ3v) is 4.10. The van der Waals surface area contributed by atoms with Gasteiger partial charge in [0.05, 0.1) is 5.69 Å². The molecule has 3 rings (SSSR count). The first kappa shape index (κ1) is 12.3. The van der Waals surface area contributed by atoms with Crippen molar-refractivity contribution < 1.29 is 0 Å². The standard InChI is InChI=1S/C15H10N4S/c16-8-12-14(17)13(11-2-1-5-19-9-11)15(20-12)10-3-6-18-7-4-10/h1-7,9H,17H2. The second-order valence-electron chi connectivity index (χ2n) is 4.14. The number of nitrogen functional groups attached to an aromatic ring is 1. The van der Waals surface area contributed by atoms with Crippen LogP contribution in [-0.4, -0.2) is 9.97 Å². The number of nitrogens with zero attached hydrogens (tertiary/aromatic N) is 3. The van der Waals surface area contributed by atoms with E-state index in [0.717, 1.165) is 21.6 Å². The van der Waals surface area contributed by atoms with Gasteiger partial charge in [0.15, 0.2) is 0 Å². The van der Waals surface area contributed by atoms with Gasteiger partial charge < -0.3 is 5.73 Å². The lowest BCUT2D eigenvalue weighted by Gasteiger charge is -2.05. The van der Waals surface area contributed by atoms with Crippen LogP contribution in [0, 0.1) is 11.3 Å². The topological polar surface area (TPSA) is 75.6 Å². The van der Waals surface area contributed by atoms with Crippen LogP contribution >= 0.6 is 11.3 Å². The molecule has 4 nitrogen and oxygen atoms in total. The fourth-order valence-corrected chi connectivity index (χ4v) is 3.08. The first-order chi connectivity index (χ1) is 9.81. The third-order valence-electron chi connectivity index (χ3n) is 2.94. The summed E-state index contributed by atoms with van der Waals surface area (Å²) in [7, 11) is 0. The zero-order valence-corrected chi connectivity index (χ0v) is 11.3. The van der Waals surface area contributed by atoms with Gasteiger partial charge >= 0.3 is 0 Å². The molecule has 0 unspecified atom stereocenters. The molecule has 0 amide bonds. The summed E-state index contributed by atoms with van der Waals surface area (Å²) in [6, 6.07) is 9.77. The van der Waals surface area contributed by atoms with Crippen LogP contribution in [-0.2, 0) is 0 Å². The molecule has 0 fully saturated rings. The second-order valence-corrected chi connectivity index (χ2v) is 5.16. The van der Waals surface area contributed by atoms with Gasteiger partial charge in [0, 0.05) is 40.8 Å². The van der Waals surface area contributed by atoms with Crippen molar-refractivity contribution in [3.63, 3.8) is 0 Å². The van der Waals surface area contributed by atoms with Crippen LogP contribution in [0.4, 0.5) is 5.69 Å². The van der Waals surface area contributed by atoms with Crippen molar-refractivity contribution in [2.24, 2.45) is 0 Å². The second kappa shape index (κ2) is 5.11. The Bertz CT molecular complexity index is 773. The molecular formula is C15H10N4S. The van der Waals surface area contributed by atoms with E-state index in [1.807, 2.05) is 24.3 Å². The lowest BCUT2D eigenvalue weighted by molar-refractivity contribution is 1.33. The number of anilines is 1. The SMILES string of the molecule is N#Cc1sc(-c2ccncc2)c(-c2cccnc2)c1N. The van der Waals surface area contributed by atoms with Gasteiger partial charge in [0.25, 0.3) is 0 Å². The Balaban J connectivity index is 2.28. The van der Waals surface area contributed by atoms with E-state index < -0.39 is 0 Å². The maximum Gasteiger partial charge on any atom is 0.129 e. The van der Waals surface area contributed by atoms with Crippen LogP contribution in [0.25, 0.3) is 21.6 Å². The lowest BCUT2D eigenvalue weighted by atomic mass is 10.0. The largest absolute Gasteiger partial charge is 0.396 e. The highest BCUT2D eigenvalue weighted by molar-refractivity contribution is 7.17. The fourth-order valence-electron chi connectivity index (χ4n) is 2.03. The zero-order chi connectivity index (χ0) is 13.9. The van der Waals surface area contributed by atoms with Crippen LogP contribution in [0.15, 0.2) is 49.1 Å². The van der Waals surface area contributed by atoms with E-state index in [1.165, 1.54) is 11.3 Å². The Hall–Kier alpha value is -2.71. The van der Waals surface area contributed by atoms with E-state index in [2.05, 4.69) is 16.0 Å². The monoisotopic (exact) mass is 278 g/mol. The third kappa shape index (κ3) is 2.02. The molecule has 0 spiro atoms. The molecule has 96 valence electrons. The molecule has 0 aromatic carbocycles. The summed E-state index contributed by atoms with van der Waals surface area (Å²) in [5.41, 5.74) is 9.42. The van der Waals surface area contributed by atoms with Crippen molar-refractivity contribution in [3.05, 3.63) is 53.9 Å². The van der Waals surface area contributed by atoms with Crippen molar-refractivity contribution in [1.29, 1.82) is 5.26 Å². The lowest BCUT2D eigenvalue weighted by Crippen LogP contribution is -1.90. The molecule has 3 aromatic heterocycles. The predicted octanol–water partition coefficient (Wildman–Crippen LogP) is 3.33. The number of aromatic nitrogens is 2. The summed E-state index contributed by atoms with van der Waals surface area (Å²) in [4.78, 5) is 9.64. The van der Waals surface area contributed by atoms with Gasteiger partial charge in [0.1, 0.15) is 10.9 Å². The van der Waals surface area contributed by atoms with E-state index in [1.54, 1.807) is 24.8 Å². The fraction of sp³-hybridized carbons (Fsp3) is 0. The Morgan fingerprint density at radius 1 is 1.05 bits per heavy atom. The number of nitriles is 1. The predicted molar refractivity (Wildman–Crippen MR) is 79.9 cm³/mol. The number of nitrogens with two attached hydrogens (primary N) is 1. The molecule has 5 heteroatoms. The van der Waals surface area contributed by atoms with E-state index >= 15 is 0 Å². The highest BCUT2D eigenvalue weighted by Crippen LogP contribution is 2.44. The van der Waals surface area contributed by atoms with E-state index in [9.17, 15) is 5.26 Å². The quantitative estimate of drug-likeness (QED) is 0.780. The van der Waals surface area contributed by atoms with Crippen molar-refractivity contribution >= 4 is 17.0 Å². The van der Waals surface area contributed by atoms with Gasteiger partial charge in [-0.2, -0.15) is 5.26 Å². The average Bonchev–Trinajstić information content (AvgIpc) is 2.86. The summed E-state index contributed by atoms with van der Waals surface area (Å²) in [5.74, 6) is 0. The smallest absolute Gasteiger partial charge is 0.129 e. The first-order valence-electron chi connectivity index (χ1n) is 5.94. The van der Waals surface area contributed by atoms with E-state index in [-0.39, 0.29) is 0 Å². The van der Waals surface area contributed by atoms with Crippen LogP contribution < -0.4 is 5.73 Å². The summed E-state index contributed by atoms with van der Waals surface area (Å²) < 4.78 is 0. The molecule has 0 aliphatic heterocycles. The maximum atomic E-state index is 9.20. The Morgan fingerprint density at radius 3 is 2.50 bits per heavy atom. The minimum absolute atomic E-state index is 0.511. The van der Waals surface area contributed by atoms with E-state index in [4.69, 9.17) is 5.73 Å².